The molecule has 1 rings (SSSR count). The predicted octanol–water partition coefficient (Wildman–Crippen LogP) is 5.00. The van der Waals surface area contributed by atoms with Crippen LogP contribution >= 0.6 is 0 Å². The van der Waals surface area contributed by atoms with Crippen LogP contribution in [-0.4, -0.2) is 6.54 Å². The van der Waals surface area contributed by atoms with Crippen LogP contribution in [0, 0.1) is 29.1 Å². The van der Waals surface area contributed by atoms with Gasteiger partial charge in [-0.15, -0.1) is 0 Å². The van der Waals surface area contributed by atoms with Crippen molar-refractivity contribution in [3.8, 4) is 0 Å². The minimum atomic E-state index is -2.11. The summed E-state index contributed by atoms with van der Waals surface area (Å²) in [5.41, 5.74) is -0.754. The predicted molar refractivity (Wildman–Crippen MR) is 71.4 cm³/mol. The van der Waals surface area contributed by atoms with Crippen molar-refractivity contribution in [3.63, 3.8) is 0 Å². The number of hydrogen-bond donors (Lipinski definition) is 1. The first-order chi connectivity index (χ1) is 9.95. The van der Waals surface area contributed by atoms with Crippen molar-refractivity contribution in [1.29, 1.82) is 0 Å². The minimum absolute atomic E-state index is 0.326. The van der Waals surface area contributed by atoms with Gasteiger partial charge in [-0.3, -0.25) is 0 Å². The van der Waals surface area contributed by atoms with Gasteiger partial charge >= 0.3 is 0 Å². The average Bonchev–Trinajstić information content (AvgIpc) is 2.48. The summed E-state index contributed by atoms with van der Waals surface area (Å²) in [4.78, 5) is 0. The van der Waals surface area contributed by atoms with Crippen LogP contribution in [0.5, 0.6) is 0 Å². The maximum Gasteiger partial charge on any atom is 0.200 e. The van der Waals surface area contributed by atoms with Crippen molar-refractivity contribution in [2.75, 3.05) is 6.54 Å². The normalized spacial score (nSPS) is 12.7. The van der Waals surface area contributed by atoms with Crippen molar-refractivity contribution in [2.45, 2.75) is 52.0 Å². The SMILES string of the molecule is CCCCCC(NCCC)c1c(F)c(F)c(F)c(F)c1F. The van der Waals surface area contributed by atoms with E-state index in [0.717, 1.165) is 12.8 Å². The van der Waals surface area contributed by atoms with Crippen LogP contribution in [-0.2, 0) is 0 Å². The Morgan fingerprint density at radius 3 is 1.76 bits per heavy atom. The van der Waals surface area contributed by atoms with Gasteiger partial charge < -0.3 is 5.32 Å². The number of hydrogen-bond acceptors (Lipinski definition) is 1. The quantitative estimate of drug-likeness (QED) is 0.308. The molecule has 0 radical (unpaired) electrons. The highest BCUT2D eigenvalue weighted by atomic mass is 19.2. The first kappa shape index (κ1) is 17.9. The van der Waals surface area contributed by atoms with Gasteiger partial charge in [0.05, 0.1) is 0 Å². The molecule has 0 heterocycles. The van der Waals surface area contributed by atoms with Crippen molar-refractivity contribution in [2.24, 2.45) is 0 Å². The van der Waals surface area contributed by atoms with Gasteiger partial charge in [0, 0.05) is 11.6 Å². The molecule has 0 fully saturated rings. The van der Waals surface area contributed by atoms with Crippen LogP contribution in [0.3, 0.4) is 0 Å². The summed E-state index contributed by atoms with van der Waals surface area (Å²) in [5.74, 6) is -9.37. The molecule has 1 aromatic rings. The summed E-state index contributed by atoms with van der Waals surface area (Å²) in [7, 11) is 0. The van der Waals surface area contributed by atoms with Crippen LogP contribution in [0.2, 0.25) is 0 Å². The summed E-state index contributed by atoms with van der Waals surface area (Å²) in [6, 6.07) is -0.874. The second-order valence-corrected chi connectivity index (χ2v) is 4.99. The molecule has 0 aliphatic rings. The third-order valence-corrected chi connectivity index (χ3v) is 3.33. The number of nitrogens with one attached hydrogen (secondary N) is 1. The molecule has 0 aliphatic carbocycles. The molecule has 0 amide bonds. The third kappa shape index (κ3) is 4.15. The van der Waals surface area contributed by atoms with E-state index in [9.17, 15) is 22.0 Å². The summed E-state index contributed by atoms with van der Waals surface area (Å²) in [6.45, 7) is 4.26. The Kier molecular flexibility index (Phi) is 7.08. The first-order valence-electron chi connectivity index (χ1n) is 7.20. The lowest BCUT2D eigenvalue weighted by Gasteiger charge is -2.21. The van der Waals surface area contributed by atoms with E-state index in [1.54, 1.807) is 0 Å². The lowest BCUT2D eigenvalue weighted by molar-refractivity contribution is 0.349. The fourth-order valence-corrected chi connectivity index (χ4v) is 2.19. The molecule has 1 atom stereocenters. The zero-order valence-corrected chi connectivity index (χ0v) is 12.2. The number of unbranched alkanes of at least 4 members (excludes halogenated alkanes) is 2. The summed E-state index contributed by atoms with van der Waals surface area (Å²) >= 11 is 0. The van der Waals surface area contributed by atoms with E-state index in [1.165, 1.54) is 0 Å². The highest BCUT2D eigenvalue weighted by molar-refractivity contribution is 5.27. The minimum Gasteiger partial charge on any atom is -0.310 e. The van der Waals surface area contributed by atoms with E-state index in [0.29, 0.717) is 25.8 Å². The number of halogens is 5. The van der Waals surface area contributed by atoms with Gasteiger partial charge in [-0.25, -0.2) is 22.0 Å². The Labute approximate surface area is 121 Å². The lowest BCUT2D eigenvalue weighted by Crippen LogP contribution is -2.25. The van der Waals surface area contributed by atoms with Gasteiger partial charge in [0.1, 0.15) is 0 Å². The van der Waals surface area contributed by atoms with E-state index in [2.05, 4.69) is 5.32 Å². The summed E-state index contributed by atoms with van der Waals surface area (Å²) < 4.78 is 67.3. The molecule has 1 nitrogen and oxygen atoms in total. The molecule has 0 saturated heterocycles. The van der Waals surface area contributed by atoms with Gasteiger partial charge in [-0.1, -0.05) is 33.1 Å². The van der Waals surface area contributed by atoms with E-state index in [-0.39, 0.29) is 0 Å². The molecule has 1 unspecified atom stereocenters. The molecular formula is C15H20F5N. The number of rotatable bonds is 8. The maximum atomic E-state index is 13.8. The van der Waals surface area contributed by atoms with Crippen molar-refractivity contribution in [3.05, 3.63) is 34.6 Å². The molecule has 6 heteroatoms. The molecule has 1 N–H and O–H groups in total. The summed E-state index contributed by atoms with van der Waals surface area (Å²) in [6.07, 6.45) is 3.40. The van der Waals surface area contributed by atoms with Crippen molar-refractivity contribution >= 4 is 0 Å². The Bertz CT molecular complexity index is 447. The zero-order valence-electron chi connectivity index (χ0n) is 12.2. The van der Waals surface area contributed by atoms with Gasteiger partial charge in [0.25, 0.3) is 0 Å². The molecule has 0 aliphatic heterocycles. The smallest absolute Gasteiger partial charge is 0.200 e. The number of benzene rings is 1. The largest absolute Gasteiger partial charge is 0.310 e. The monoisotopic (exact) mass is 309 g/mol. The van der Waals surface area contributed by atoms with Crippen LogP contribution in [0.1, 0.15) is 57.6 Å². The highest BCUT2D eigenvalue weighted by Crippen LogP contribution is 2.30. The van der Waals surface area contributed by atoms with Gasteiger partial charge in [-0.2, -0.15) is 0 Å². The maximum absolute atomic E-state index is 13.8. The van der Waals surface area contributed by atoms with E-state index in [1.807, 2.05) is 13.8 Å². The molecule has 120 valence electrons. The van der Waals surface area contributed by atoms with E-state index < -0.39 is 40.7 Å². The molecule has 0 saturated carbocycles. The molecule has 21 heavy (non-hydrogen) atoms. The fourth-order valence-electron chi connectivity index (χ4n) is 2.19. The standard InChI is InChI=1S/C15H20F5N/c1-3-5-6-7-9(21-8-4-2)10-11(16)13(18)15(20)14(19)12(10)17/h9,21H,3-8H2,1-2H3. The van der Waals surface area contributed by atoms with Gasteiger partial charge in [0.15, 0.2) is 23.3 Å². The van der Waals surface area contributed by atoms with Crippen LogP contribution in [0.4, 0.5) is 22.0 Å². The molecule has 0 aromatic heterocycles. The Balaban J connectivity index is 3.16. The molecule has 0 bridgehead atoms. The van der Waals surface area contributed by atoms with Gasteiger partial charge in [-0.05, 0) is 19.4 Å². The van der Waals surface area contributed by atoms with Crippen LogP contribution < -0.4 is 5.32 Å². The molecular weight excluding hydrogens is 289 g/mol. The second-order valence-electron chi connectivity index (χ2n) is 4.99. The second kappa shape index (κ2) is 8.32. The summed E-state index contributed by atoms with van der Waals surface area (Å²) in [5, 5.41) is 2.86. The van der Waals surface area contributed by atoms with Crippen molar-refractivity contribution < 1.29 is 22.0 Å². The van der Waals surface area contributed by atoms with Crippen LogP contribution in [0.15, 0.2) is 0 Å². The Morgan fingerprint density at radius 1 is 0.762 bits per heavy atom. The highest BCUT2D eigenvalue weighted by Gasteiger charge is 2.29. The Hall–Kier alpha value is -1.17. The lowest BCUT2D eigenvalue weighted by atomic mass is 9.98. The fraction of sp³-hybridized carbons (Fsp3) is 0.600. The molecule has 1 aromatic carbocycles. The first-order valence-corrected chi connectivity index (χ1v) is 7.20. The zero-order chi connectivity index (χ0) is 16.0. The van der Waals surface area contributed by atoms with Crippen molar-refractivity contribution in [1.82, 2.24) is 5.32 Å². The van der Waals surface area contributed by atoms with E-state index in [4.69, 9.17) is 0 Å². The average molecular weight is 309 g/mol. The molecule has 0 spiro atoms. The topological polar surface area (TPSA) is 12.0 Å². The Morgan fingerprint density at radius 2 is 1.29 bits per heavy atom. The third-order valence-electron chi connectivity index (χ3n) is 3.33. The van der Waals surface area contributed by atoms with Crippen LogP contribution in [0.25, 0.3) is 0 Å². The van der Waals surface area contributed by atoms with E-state index >= 15 is 0 Å². The van der Waals surface area contributed by atoms with Gasteiger partial charge in [0.2, 0.25) is 5.82 Å².